The van der Waals surface area contributed by atoms with Gasteiger partial charge in [0.05, 0.1) is 6.54 Å². The van der Waals surface area contributed by atoms with E-state index in [2.05, 4.69) is 76.2 Å². The van der Waals surface area contributed by atoms with Gasteiger partial charge in [0.25, 0.3) is 0 Å². The zero-order chi connectivity index (χ0) is 26.7. The molecule has 2 unspecified atom stereocenters. The molecule has 0 spiro atoms. The summed E-state index contributed by atoms with van der Waals surface area (Å²) in [6.45, 7) is 9.68. The maximum Gasteiger partial charge on any atom is 0.328 e. The van der Waals surface area contributed by atoms with Crippen molar-refractivity contribution < 1.29 is 0 Å². The average molecular weight is 514 g/mol. The van der Waals surface area contributed by atoms with Crippen molar-refractivity contribution in [3.63, 3.8) is 0 Å². The third-order valence-electron chi connectivity index (χ3n) is 8.12. The molecule has 2 atom stereocenters. The molecule has 0 saturated heterocycles. The summed E-state index contributed by atoms with van der Waals surface area (Å²) in [5, 5.41) is 14.1. The SMILES string of the molecule is CCCCc1cn(C2CCCCC2C(C)(C)C)c(=O)n1Cc1cnccc1-c1ccc(-c2nnn[nH]2)cc1. The first-order valence-electron chi connectivity index (χ1n) is 13.9. The molecule has 5 rings (SSSR count). The van der Waals surface area contributed by atoms with E-state index in [-0.39, 0.29) is 17.1 Å². The van der Waals surface area contributed by atoms with Gasteiger partial charge in [-0.25, -0.2) is 9.89 Å². The van der Waals surface area contributed by atoms with E-state index in [0.29, 0.717) is 18.3 Å². The standard InChI is InChI=1S/C30H39N7O/c1-5-6-9-24-20-37(27-11-8-7-10-26(27)30(2,3)4)29(38)36(24)19-23-18-31-17-16-25(23)21-12-14-22(15-13-21)28-32-34-35-33-28/h12-18,20,26-27H,5-11,19H2,1-4H3,(H,32,33,34,35). The highest BCUT2D eigenvalue weighted by Gasteiger charge is 2.36. The molecule has 3 aromatic heterocycles. The van der Waals surface area contributed by atoms with Gasteiger partial charge in [0.1, 0.15) is 0 Å². The third kappa shape index (κ3) is 5.35. The van der Waals surface area contributed by atoms with Gasteiger partial charge in [0, 0.05) is 35.9 Å². The Labute approximate surface area is 224 Å². The fourth-order valence-corrected chi connectivity index (χ4v) is 6.06. The zero-order valence-corrected chi connectivity index (χ0v) is 23.0. The molecule has 1 N–H and O–H groups in total. The van der Waals surface area contributed by atoms with E-state index in [9.17, 15) is 4.79 Å². The summed E-state index contributed by atoms with van der Waals surface area (Å²) in [6.07, 6.45) is 13.6. The van der Waals surface area contributed by atoms with Crippen molar-refractivity contribution in [1.29, 1.82) is 0 Å². The topological polar surface area (TPSA) is 94.3 Å². The number of aromatic nitrogens is 7. The summed E-state index contributed by atoms with van der Waals surface area (Å²) < 4.78 is 4.08. The minimum atomic E-state index is 0.111. The summed E-state index contributed by atoms with van der Waals surface area (Å²) in [4.78, 5) is 18.5. The van der Waals surface area contributed by atoms with Crippen LogP contribution in [0.4, 0.5) is 0 Å². The molecule has 0 aliphatic heterocycles. The van der Waals surface area contributed by atoms with Crippen LogP contribution in [0, 0.1) is 11.3 Å². The van der Waals surface area contributed by atoms with Crippen LogP contribution in [0.2, 0.25) is 0 Å². The summed E-state index contributed by atoms with van der Waals surface area (Å²) in [5.74, 6) is 1.13. The number of aromatic amines is 1. The molecule has 8 nitrogen and oxygen atoms in total. The van der Waals surface area contributed by atoms with Crippen LogP contribution in [0.15, 0.2) is 53.7 Å². The molecule has 38 heavy (non-hydrogen) atoms. The van der Waals surface area contributed by atoms with Crippen LogP contribution in [0.1, 0.15) is 83.5 Å². The summed E-state index contributed by atoms with van der Waals surface area (Å²) in [7, 11) is 0. The number of H-pyrrole nitrogens is 1. The molecule has 1 aliphatic carbocycles. The number of nitrogens with one attached hydrogen (secondary N) is 1. The second-order valence-corrected chi connectivity index (χ2v) is 11.7. The van der Waals surface area contributed by atoms with Crippen molar-refractivity contribution in [3.05, 3.63) is 70.7 Å². The summed E-state index contributed by atoms with van der Waals surface area (Å²) >= 11 is 0. The number of benzene rings is 1. The van der Waals surface area contributed by atoms with Gasteiger partial charge in [-0.15, -0.1) is 5.10 Å². The lowest BCUT2D eigenvalue weighted by atomic mass is 9.69. The first kappa shape index (κ1) is 26.1. The van der Waals surface area contributed by atoms with Crippen LogP contribution < -0.4 is 5.69 Å². The largest absolute Gasteiger partial charge is 0.328 e. The number of unbranched alkanes of at least 4 members (excludes halogenated alkanes) is 1. The normalized spacial score (nSPS) is 18.1. The molecule has 1 fully saturated rings. The Bertz CT molecular complexity index is 1390. The number of pyridine rings is 1. The van der Waals surface area contributed by atoms with Crippen LogP contribution in [-0.2, 0) is 13.0 Å². The number of hydrogen-bond donors (Lipinski definition) is 1. The lowest BCUT2D eigenvalue weighted by Gasteiger charge is -2.40. The Morgan fingerprint density at radius 3 is 2.53 bits per heavy atom. The molecule has 8 heteroatoms. The van der Waals surface area contributed by atoms with Gasteiger partial charge in [-0.3, -0.25) is 14.1 Å². The first-order valence-corrected chi connectivity index (χ1v) is 13.9. The van der Waals surface area contributed by atoms with Gasteiger partial charge in [-0.05, 0) is 70.2 Å². The molecule has 1 saturated carbocycles. The van der Waals surface area contributed by atoms with E-state index in [1.54, 1.807) is 0 Å². The van der Waals surface area contributed by atoms with Gasteiger partial charge in [0.15, 0.2) is 5.82 Å². The zero-order valence-electron chi connectivity index (χ0n) is 23.0. The van der Waals surface area contributed by atoms with Gasteiger partial charge < -0.3 is 0 Å². The first-order chi connectivity index (χ1) is 18.4. The van der Waals surface area contributed by atoms with Gasteiger partial charge in [-0.1, -0.05) is 71.2 Å². The molecule has 1 aromatic carbocycles. The molecule has 0 amide bonds. The van der Waals surface area contributed by atoms with Crippen molar-refractivity contribution in [1.82, 2.24) is 34.7 Å². The lowest BCUT2D eigenvalue weighted by molar-refractivity contribution is 0.111. The van der Waals surface area contributed by atoms with E-state index >= 15 is 0 Å². The molecule has 0 bridgehead atoms. The highest BCUT2D eigenvalue weighted by molar-refractivity contribution is 5.69. The van der Waals surface area contributed by atoms with Gasteiger partial charge in [0.2, 0.25) is 0 Å². The van der Waals surface area contributed by atoms with Gasteiger partial charge >= 0.3 is 5.69 Å². The number of rotatable bonds is 8. The minimum Gasteiger partial charge on any atom is -0.296 e. The van der Waals surface area contributed by atoms with Crippen molar-refractivity contribution in [2.24, 2.45) is 11.3 Å². The summed E-state index contributed by atoms with van der Waals surface area (Å²) in [5.41, 5.74) is 5.51. The van der Waals surface area contributed by atoms with E-state index in [1.165, 1.54) is 19.3 Å². The van der Waals surface area contributed by atoms with Crippen LogP contribution >= 0.6 is 0 Å². The Morgan fingerprint density at radius 1 is 1.05 bits per heavy atom. The maximum atomic E-state index is 14.0. The maximum absolute atomic E-state index is 14.0. The smallest absolute Gasteiger partial charge is 0.296 e. The predicted octanol–water partition coefficient (Wildman–Crippen LogP) is 6.06. The molecular formula is C30H39N7O. The number of imidazole rings is 1. The fraction of sp³-hybridized carbons (Fsp3) is 0.500. The van der Waals surface area contributed by atoms with Crippen molar-refractivity contribution in [3.8, 4) is 22.5 Å². The highest BCUT2D eigenvalue weighted by atomic mass is 16.1. The number of tetrazole rings is 1. The number of aryl methyl sites for hydroxylation is 1. The van der Waals surface area contributed by atoms with Crippen molar-refractivity contribution in [2.75, 3.05) is 0 Å². The molecule has 200 valence electrons. The molecular weight excluding hydrogens is 474 g/mol. The van der Waals surface area contributed by atoms with E-state index in [1.807, 2.05) is 35.2 Å². The number of nitrogens with zero attached hydrogens (tertiary/aromatic N) is 6. The van der Waals surface area contributed by atoms with E-state index < -0.39 is 0 Å². The fourth-order valence-electron chi connectivity index (χ4n) is 6.06. The minimum absolute atomic E-state index is 0.111. The van der Waals surface area contributed by atoms with Crippen LogP contribution in [-0.4, -0.2) is 34.7 Å². The van der Waals surface area contributed by atoms with Crippen molar-refractivity contribution >= 4 is 0 Å². The Balaban J connectivity index is 1.50. The van der Waals surface area contributed by atoms with Gasteiger partial charge in [-0.2, -0.15) is 0 Å². The average Bonchev–Trinajstić information content (AvgIpc) is 3.57. The molecule has 3 heterocycles. The van der Waals surface area contributed by atoms with Crippen LogP contribution in [0.25, 0.3) is 22.5 Å². The Hall–Kier alpha value is -3.55. The Kier molecular flexibility index (Phi) is 7.58. The third-order valence-corrected chi connectivity index (χ3v) is 8.12. The monoisotopic (exact) mass is 513 g/mol. The summed E-state index contributed by atoms with van der Waals surface area (Å²) in [6, 6.07) is 10.4. The van der Waals surface area contributed by atoms with E-state index in [4.69, 9.17) is 0 Å². The van der Waals surface area contributed by atoms with Crippen molar-refractivity contribution in [2.45, 2.75) is 85.2 Å². The quantitative estimate of drug-likeness (QED) is 0.309. The lowest BCUT2D eigenvalue weighted by Crippen LogP contribution is -2.38. The van der Waals surface area contributed by atoms with E-state index in [0.717, 1.165) is 53.6 Å². The molecule has 4 aromatic rings. The highest BCUT2D eigenvalue weighted by Crippen LogP contribution is 2.44. The second kappa shape index (κ2) is 11.1. The van der Waals surface area contributed by atoms with Crippen LogP contribution in [0.3, 0.4) is 0 Å². The predicted molar refractivity (Wildman–Crippen MR) is 150 cm³/mol. The second-order valence-electron chi connectivity index (χ2n) is 11.7. The molecule has 0 radical (unpaired) electrons. The number of hydrogen-bond acceptors (Lipinski definition) is 5. The molecule has 1 aliphatic rings. The van der Waals surface area contributed by atoms with Crippen LogP contribution in [0.5, 0.6) is 0 Å². The Morgan fingerprint density at radius 2 is 1.82 bits per heavy atom.